The highest BCUT2D eigenvalue weighted by Gasteiger charge is 2.25. The van der Waals surface area contributed by atoms with Crippen LogP contribution in [0.5, 0.6) is 0 Å². The number of hydrogen-bond donors (Lipinski definition) is 3. The van der Waals surface area contributed by atoms with Gasteiger partial charge in [0.05, 0.1) is 6.54 Å². The van der Waals surface area contributed by atoms with Crippen LogP contribution in [0.1, 0.15) is 43.1 Å². The van der Waals surface area contributed by atoms with E-state index in [0.717, 1.165) is 38.3 Å². The molecule has 1 amide bonds. The number of nitrogens with one attached hydrogen (secondary N) is 1. The molecule has 0 bridgehead atoms. The number of carbonyl (C=O) groups excluding carboxylic acids is 1. The van der Waals surface area contributed by atoms with Gasteiger partial charge in [-0.3, -0.25) is 9.36 Å². The lowest BCUT2D eigenvalue weighted by Gasteiger charge is -2.27. The van der Waals surface area contributed by atoms with Gasteiger partial charge in [-0.1, -0.05) is 5.92 Å². The molecular formula is C16H26N6O. The first-order chi connectivity index (χ1) is 11.2. The number of nitrogens with zero attached hydrogens (tertiary/aromatic N) is 3. The summed E-state index contributed by atoms with van der Waals surface area (Å²) in [6.45, 7) is 5.31. The van der Waals surface area contributed by atoms with E-state index in [1.807, 2.05) is 4.57 Å². The molecule has 0 aliphatic carbocycles. The molecule has 5 N–H and O–H groups in total. The molecule has 0 unspecified atom stereocenters. The standard InChI is InChI=1S/C16H26N6O/c1-2-3-12-22-13(14(18)23)15(19-9-7-8-17)20-16(22)21-10-5-4-6-11-21/h19H,4-12,17H2,1H3,(H2,18,23). The normalized spacial score (nSPS) is 14.3. The van der Waals surface area contributed by atoms with Crippen LogP contribution in [0, 0.1) is 11.8 Å². The minimum Gasteiger partial charge on any atom is -0.368 e. The molecule has 7 heteroatoms. The first-order valence-corrected chi connectivity index (χ1v) is 8.17. The summed E-state index contributed by atoms with van der Waals surface area (Å²) in [4.78, 5) is 18.8. The molecule has 1 fully saturated rings. The van der Waals surface area contributed by atoms with Gasteiger partial charge >= 0.3 is 0 Å². The first-order valence-electron chi connectivity index (χ1n) is 8.17. The van der Waals surface area contributed by atoms with Crippen molar-refractivity contribution in [3.63, 3.8) is 0 Å². The Morgan fingerprint density at radius 2 is 2.09 bits per heavy atom. The molecule has 2 heterocycles. The second-order valence-corrected chi connectivity index (χ2v) is 5.60. The van der Waals surface area contributed by atoms with Crippen LogP contribution in [0.2, 0.25) is 0 Å². The van der Waals surface area contributed by atoms with Gasteiger partial charge < -0.3 is 21.7 Å². The molecule has 1 saturated heterocycles. The third kappa shape index (κ3) is 4.17. The molecular weight excluding hydrogens is 292 g/mol. The monoisotopic (exact) mass is 318 g/mol. The van der Waals surface area contributed by atoms with Crippen LogP contribution in [-0.2, 0) is 6.54 Å². The van der Waals surface area contributed by atoms with Crippen LogP contribution in [0.3, 0.4) is 0 Å². The fraction of sp³-hybridized carbons (Fsp3) is 0.625. The Labute approximate surface area is 137 Å². The molecule has 0 spiro atoms. The Morgan fingerprint density at radius 1 is 1.35 bits per heavy atom. The Kier molecular flexibility index (Phi) is 6.29. The second kappa shape index (κ2) is 8.44. The molecule has 1 aromatic heterocycles. The summed E-state index contributed by atoms with van der Waals surface area (Å²) in [7, 11) is 0. The molecule has 0 saturated carbocycles. The minimum absolute atomic E-state index is 0.394. The topological polar surface area (TPSA) is 102 Å². The second-order valence-electron chi connectivity index (χ2n) is 5.60. The van der Waals surface area contributed by atoms with Crippen LogP contribution in [0.4, 0.5) is 11.8 Å². The molecule has 1 aliphatic rings. The number of aromatic nitrogens is 2. The van der Waals surface area contributed by atoms with Crippen LogP contribution in [0.15, 0.2) is 0 Å². The predicted molar refractivity (Wildman–Crippen MR) is 92.4 cm³/mol. The third-order valence-electron chi connectivity index (χ3n) is 3.91. The van der Waals surface area contributed by atoms with E-state index < -0.39 is 5.91 Å². The number of nitrogens with two attached hydrogens (primary N) is 2. The van der Waals surface area contributed by atoms with E-state index in [2.05, 4.69) is 27.0 Å². The van der Waals surface area contributed by atoms with Crippen LogP contribution < -0.4 is 21.7 Å². The summed E-state index contributed by atoms with van der Waals surface area (Å²) < 4.78 is 1.83. The maximum Gasteiger partial charge on any atom is 0.269 e. The summed E-state index contributed by atoms with van der Waals surface area (Å²) in [6, 6.07) is 0. The van der Waals surface area contributed by atoms with Gasteiger partial charge in [-0.05, 0) is 39.2 Å². The smallest absolute Gasteiger partial charge is 0.269 e. The van der Waals surface area contributed by atoms with Gasteiger partial charge in [-0.25, -0.2) is 0 Å². The van der Waals surface area contributed by atoms with Gasteiger partial charge in [-0.15, -0.1) is 5.92 Å². The summed E-state index contributed by atoms with van der Waals surface area (Å²) in [6.07, 6.45) is 4.30. The van der Waals surface area contributed by atoms with Crippen molar-refractivity contribution in [2.24, 2.45) is 11.5 Å². The van der Waals surface area contributed by atoms with Crippen molar-refractivity contribution < 1.29 is 4.79 Å². The zero-order chi connectivity index (χ0) is 16.7. The number of primary amides is 1. The molecule has 1 aliphatic heterocycles. The number of hydrogen-bond acceptors (Lipinski definition) is 5. The lowest BCUT2D eigenvalue weighted by molar-refractivity contribution is 0.0993. The number of carbonyl (C=O) groups is 1. The summed E-state index contributed by atoms with van der Waals surface area (Å²) in [5.41, 5.74) is 11.5. The Balaban J connectivity index is 2.38. The van der Waals surface area contributed by atoms with Gasteiger partial charge in [-0.2, -0.15) is 4.98 Å². The van der Waals surface area contributed by atoms with Crippen molar-refractivity contribution in [1.29, 1.82) is 0 Å². The number of amides is 1. The highest BCUT2D eigenvalue weighted by atomic mass is 16.1. The van der Waals surface area contributed by atoms with E-state index in [-0.39, 0.29) is 0 Å². The van der Waals surface area contributed by atoms with E-state index in [1.165, 1.54) is 6.42 Å². The van der Waals surface area contributed by atoms with Crippen molar-refractivity contribution in [2.75, 3.05) is 36.4 Å². The highest BCUT2D eigenvalue weighted by Crippen LogP contribution is 2.26. The van der Waals surface area contributed by atoms with E-state index in [1.54, 1.807) is 6.92 Å². The van der Waals surface area contributed by atoms with Crippen molar-refractivity contribution in [2.45, 2.75) is 39.2 Å². The molecule has 0 aromatic carbocycles. The van der Waals surface area contributed by atoms with Gasteiger partial charge in [0.15, 0.2) is 11.5 Å². The van der Waals surface area contributed by atoms with Crippen molar-refractivity contribution >= 4 is 17.7 Å². The van der Waals surface area contributed by atoms with Crippen LogP contribution in [0.25, 0.3) is 0 Å². The molecule has 23 heavy (non-hydrogen) atoms. The largest absolute Gasteiger partial charge is 0.368 e. The molecule has 0 radical (unpaired) electrons. The van der Waals surface area contributed by atoms with E-state index >= 15 is 0 Å². The quantitative estimate of drug-likeness (QED) is 0.509. The molecule has 7 nitrogen and oxygen atoms in total. The maximum atomic E-state index is 12.0. The number of rotatable bonds is 7. The molecule has 1 aromatic rings. The number of imidazole rings is 1. The number of piperidine rings is 1. The summed E-state index contributed by atoms with van der Waals surface area (Å²) in [5, 5.41) is 3.18. The fourth-order valence-electron chi connectivity index (χ4n) is 2.77. The average Bonchev–Trinajstić information content (AvgIpc) is 2.92. The molecule has 2 rings (SSSR count). The lowest BCUT2D eigenvalue weighted by Crippen LogP contribution is -2.32. The Bertz CT molecular complexity index is 592. The highest BCUT2D eigenvalue weighted by molar-refractivity contribution is 5.97. The first kappa shape index (κ1) is 17.2. The van der Waals surface area contributed by atoms with E-state index in [9.17, 15) is 4.79 Å². The van der Waals surface area contributed by atoms with Crippen molar-refractivity contribution in [3.05, 3.63) is 5.69 Å². The van der Waals surface area contributed by atoms with Crippen LogP contribution >= 0.6 is 0 Å². The number of anilines is 2. The Hall–Kier alpha value is -2.20. The zero-order valence-electron chi connectivity index (χ0n) is 13.8. The molecule has 126 valence electrons. The lowest BCUT2D eigenvalue weighted by atomic mass is 10.1. The van der Waals surface area contributed by atoms with E-state index in [0.29, 0.717) is 31.1 Å². The van der Waals surface area contributed by atoms with E-state index in [4.69, 9.17) is 11.5 Å². The third-order valence-corrected chi connectivity index (χ3v) is 3.91. The summed E-state index contributed by atoms with van der Waals surface area (Å²) in [5.74, 6) is 6.69. The van der Waals surface area contributed by atoms with Crippen LogP contribution in [-0.4, -0.2) is 41.6 Å². The fourth-order valence-corrected chi connectivity index (χ4v) is 2.77. The van der Waals surface area contributed by atoms with Gasteiger partial charge in [0.1, 0.15) is 0 Å². The van der Waals surface area contributed by atoms with Gasteiger partial charge in [0, 0.05) is 19.6 Å². The van der Waals surface area contributed by atoms with Crippen molar-refractivity contribution in [3.8, 4) is 11.8 Å². The maximum absolute atomic E-state index is 12.0. The Morgan fingerprint density at radius 3 is 2.70 bits per heavy atom. The predicted octanol–water partition coefficient (Wildman–Crippen LogP) is 0.756. The zero-order valence-corrected chi connectivity index (χ0v) is 13.8. The SMILES string of the molecule is CC#CCn1c(N2CCCCC2)nc(NCCCN)c1C(N)=O. The van der Waals surface area contributed by atoms with Crippen molar-refractivity contribution in [1.82, 2.24) is 9.55 Å². The molecule has 0 atom stereocenters. The summed E-state index contributed by atoms with van der Waals surface area (Å²) >= 11 is 0. The van der Waals surface area contributed by atoms with Gasteiger partial charge in [0.2, 0.25) is 5.95 Å². The minimum atomic E-state index is -0.492. The average molecular weight is 318 g/mol. The van der Waals surface area contributed by atoms with Gasteiger partial charge in [0.25, 0.3) is 5.91 Å².